The van der Waals surface area contributed by atoms with Crippen LogP contribution in [0.5, 0.6) is 0 Å². The Labute approximate surface area is 97.4 Å². The Balaban J connectivity index is 2.77. The Hall–Kier alpha value is -1.82. The van der Waals surface area contributed by atoms with Gasteiger partial charge in [0.15, 0.2) is 0 Å². The molecule has 1 heterocycles. The SMILES string of the molecule is Cc1[nH]c(=O)ccc1C(O)C(O)CCN=[N+]=[N-]. The number of hydrogen-bond donors (Lipinski definition) is 3. The molecule has 0 aliphatic heterocycles. The predicted octanol–water partition coefficient (Wildman–Crippen LogP) is 0.778. The summed E-state index contributed by atoms with van der Waals surface area (Å²) < 4.78 is 0. The van der Waals surface area contributed by atoms with Gasteiger partial charge in [-0.15, -0.1) is 0 Å². The van der Waals surface area contributed by atoms with Crippen molar-refractivity contribution in [2.45, 2.75) is 25.6 Å². The summed E-state index contributed by atoms with van der Waals surface area (Å²) in [4.78, 5) is 16.1. The van der Waals surface area contributed by atoms with Gasteiger partial charge < -0.3 is 15.2 Å². The van der Waals surface area contributed by atoms with Gasteiger partial charge in [0.1, 0.15) is 6.10 Å². The summed E-state index contributed by atoms with van der Waals surface area (Å²) in [7, 11) is 0. The first-order valence-electron chi connectivity index (χ1n) is 5.13. The van der Waals surface area contributed by atoms with E-state index in [1.54, 1.807) is 6.92 Å². The Morgan fingerprint density at radius 1 is 1.53 bits per heavy atom. The van der Waals surface area contributed by atoms with E-state index >= 15 is 0 Å². The molecule has 7 heteroatoms. The molecule has 1 aromatic heterocycles. The van der Waals surface area contributed by atoms with Crippen molar-refractivity contribution in [3.05, 3.63) is 44.2 Å². The lowest BCUT2D eigenvalue weighted by Crippen LogP contribution is -2.21. The minimum Gasteiger partial charge on any atom is -0.390 e. The second-order valence-corrected chi connectivity index (χ2v) is 3.66. The van der Waals surface area contributed by atoms with Crippen LogP contribution in [0.1, 0.15) is 23.8 Å². The molecule has 0 bridgehead atoms. The zero-order valence-electron chi connectivity index (χ0n) is 9.37. The molecule has 1 aromatic rings. The number of hydrogen-bond acceptors (Lipinski definition) is 4. The largest absolute Gasteiger partial charge is 0.390 e. The van der Waals surface area contributed by atoms with Gasteiger partial charge in [-0.3, -0.25) is 4.79 Å². The summed E-state index contributed by atoms with van der Waals surface area (Å²) in [5.41, 5.74) is 8.79. The van der Waals surface area contributed by atoms with Gasteiger partial charge in [-0.1, -0.05) is 5.11 Å². The molecule has 0 saturated carbocycles. The third-order valence-corrected chi connectivity index (χ3v) is 2.43. The number of nitrogens with zero attached hydrogens (tertiary/aromatic N) is 3. The van der Waals surface area contributed by atoms with Crippen molar-refractivity contribution in [3.63, 3.8) is 0 Å². The molecule has 0 spiro atoms. The number of aromatic amines is 1. The van der Waals surface area contributed by atoms with Crippen LogP contribution in [0.4, 0.5) is 0 Å². The van der Waals surface area contributed by atoms with Crippen molar-refractivity contribution in [2.24, 2.45) is 5.11 Å². The topological polar surface area (TPSA) is 122 Å². The van der Waals surface area contributed by atoms with Crippen molar-refractivity contribution in [3.8, 4) is 0 Å². The van der Waals surface area contributed by atoms with E-state index in [9.17, 15) is 15.0 Å². The summed E-state index contributed by atoms with van der Waals surface area (Å²) in [5.74, 6) is 0. The van der Waals surface area contributed by atoms with E-state index in [-0.39, 0.29) is 18.5 Å². The molecule has 92 valence electrons. The van der Waals surface area contributed by atoms with E-state index in [1.165, 1.54) is 12.1 Å². The van der Waals surface area contributed by atoms with Gasteiger partial charge in [-0.25, -0.2) is 0 Å². The van der Waals surface area contributed by atoms with Gasteiger partial charge in [-0.05, 0) is 24.9 Å². The zero-order chi connectivity index (χ0) is 12.8. The van der Waals surface area contributed by atoms with Gasteiger partial charge in [0.25, 0.3) is 0 Å². The van der Waals surface area contributed by atoms with Crippen molar-refractivity contribution in [1.82, 2.24) is 4.98 Å². The lowest BCUT2D eigenvalue weighted by Gasteiger charge is -2.18. The number of aliphatic hydroxyl groups excluding tert-OH is 2. The first kappa shape index (κ1) is 13.2. The number of aliphatic hydroxyl groups is 2. The highest BCUT2D eigenvalue weighted by Crippen LogP contribution is 2.20. The Kier molecular flexibility index (Phi) is 4.71. The van der Waals surface area contributed by atoms with Gasteiger partial charge in [0, 0.05) is 28.8 Å². The number of rotatable bonds is 5. The summed E-state index contributed by atoms with van der Waals surface area (Å²) in [5, 5.41) is 22.8. The number of pyridine rings is 1. The predicted molar refractivity (Wildman–Crippen MR) is 61.4 cm³/mol. The van der Waals surface area contributed by atoms with Gasteiger partial charge >= 0.3 is 0 Å². The quantitative estimate of drug-likeness (QED) is 0.399. The second-order valence-electron chi connectivity index (χ2n) is 3.66. The lowest BCUT2D eigenvalue weighted by atomic mass is 10.0. The van der Waals surface area contributed by atoms with Crippen LogP contribution in [0.15, 0.2) is 22.0 Å². The number of nitrogens with one attached hydrogen (secondary N) is 1. The normalized spacial score (nSPS) is 13.8. The van der Waals surface area contributed by atoms with Crippen LogP contribution in [0, 0.1) is 6.92 Å². The summed E-state index contributed by atoms with van der Waals surface area (Å²) in [6.45, 7) is 1.75. The van der Waals surface area contributed by atoms with E-state index in [0.717, 1.165) is 0 Å². The fourth-order valence-electron chi connectivity index (χ4n) is 1.51. The number of aryl methyl sites for hydroxylation is 1. The zero-order valence-corrected chi connectivity index (χ0v) is 9.37. The summed E-state index contributed by atoms with van der Waals surface area (Å²) in [6.07, 6.45) is -1.99. The van der Waals surface area contributed by atoms with Crippen LogP contribution in [0.3, 0.4) is 0 Å². The molecule has 0 amide bonds. The van der Waals surface area contributed by atoms with Crippen molar-refractivity contribution >= 4 is 0 Å². The Morgan fingerprint density at radius 3 is 2.82 bits per heavy atom. The molecule has 0 aromatic carbocycles. The molecule has 0 radical (unpaired) electrons. The first-order valence-corrected chi connectivity index (χ1v) is 5.13. The van der Waals surface area contributed by atoms with E-state index in [0.29, 0.717) is 11.3 Å². The smallest absolute Gasteiger partial charge is 0.248 e. The molecule has 0 fully saturated rings. The number of H-pyrrole nitrogens is 1. The molecular weight excluding hydrogens is 224 g/mol. The van der Waals surface area contributed by atoms with Crippen molar-refractivity contribution in [2.75, 3.05) is 6.54 Å². The van der Waals surface area contributed by atoms with Crippen LogP contribution in [0.25, 0.3) is 10.4 Å². The fourth-order valence-corrected chi connectivity index (χ4v) is 1.51. The van der Waals surface area contributed by atoms with Crippen LogP contribution in [0.2, 0.25) is 0 Å². The lowest BCUT2D eigenvalue weighted by molar-refractivity contribution is 0.0144. The van der Waals surface area contributed by atoms with Gasteiger partial charge in [0.05, 0.1) is 6.10 Å². The van der Waals surface area contributed by atoms with E-state index in [2.05, 4.69) is 15.0 Å². The standard InChI is InChI=1S/C10H14N4O3/c1-6-7(2-3-9(16)13-6)10(17)8(15)4-5-12-14-11/h2-3,8,10,15,17H,4-5H2,1H3,(H,13,16). The van der Waals surface area contributed by atoms with Crippen LogP contribution < -0.4 is 5.56 Å². The van der Waals surface area contributed by atoms with Gasteiger partial charge in [-0.2, -0.15) is 0 Å². The van der Waals surface area contributed by atoms with E-state index in [1.807, 2.05) is 0 Å². The molecule has 1 rings (SSSR count). The average Bonchev–Trinajstić information content (AvgIpc) is 2.28. The highest BCUT2D eigenvalue weighted by Gasteiger charge is 2.19. The summed E-state index contributed by atoms with van der Waals surface area (Å²) in [6, 6.07) is 2.75. The molecule has 0 aliphatic carbocycles. The third-order valence-electron chi connectivity index (χ3n) is 2.43. The highest BCUT2D eigenvalue weighted by molar-refractivity contribution is 5.21. The van der Waals surface area contributed by atoms with Crippen LogP contribution in [-0.2, 0) is 0 Å². The molecule has 17 heavy (non-hydrogen) atoms. The average molecular weight is 238 g/mol. The van der Waals surface area contributed by atoms with E-state index < -0.39 is 12.2 Å². The second kappa shape index (κ2) is 6.05. The monoisotopic (exact) mass is 238 g/mol. The number of azide groups is 1. The molecule has 3 N–H and O–H groups in total. The van der Waals surface area contributed by atoms with Crippen LogP contribution in [-0.4, -0.2) is 27.8 Å². The first-order chi connectivity index (χ1) is 8.06. The number of aromatic nitrogens is 1. The highest BCUT2D eigenvalue weighted by atomic mass is 16.3. The maximum absolute atomic E-state index is 11.0. The van der Waals surface area contributed by atoms with E-state index in [4.69, 9.17) is 5.53 Å². The molecule has 2 atom stereocenters. The molecule has 0 aliphatic rings. The summed E-state index contributed by atoms with van der Waals surface area (Å²) >= 11 is 0. The third kappa shape index (κ3) is 3.60. The van der Waals surface area contributed by atoms with Crippen molar-refractivity contribution < 1.29 is 10.2 Å². The Morgan fingerprint density at radius 2 is 2.24 bits per heavy atom. The molecule has 0 saturated heterocycles. The minimum atomic E-state index is -1.11. The van der Waals surface area contributed by atoms with Gasteiger partial charge in [0.2, 0.25) is 5.56 Å². The molecule has 2 unspecified atom stereocenters. The fraction of sp³-hybridized carbons (Fsp3) is 0.500. The maximum Gasteiger partial charge on any atom is 0.248 e. The van der Waals surface area contributed by atoms with Crippen LogP contribution >= 0.6 is 0 Å². The maximum atomic E-state index is 11.0. The molecule has 7 nitrogen and oxygen atoms in total. The Bertz CT molecular complexity index is 479. The van der Waals surface area contributed by atoms with Crippen molar-refractivity contribution in [1.29, 1.82) is 0 Å². The molecular formula is C10H14N4O3. The minimum absolute atomic E-state index is 0.108.